The quantitative estimate of drug-likeness (QED) is 0.517. The molecule has 0 heterocycles. The Balaban J connectivity index is 0.00000220. The van der Waals surface area contributed by atoms with Gasteiger partial charge in [0.2, 0.25) is 5.96 Å². The number of rotatable bonds is 4. The number of hydrazone groups is 1. The molecular formula is C15H16ClN5. The SMILES string of the molecule is Cl.N/C(=N\N=C\c1ccccc1)N/N=C/c1ccccc1. The van der Waals surface area contributed by atoms with Gasteiger partial charge in [-0.1, -0.05) is 60.7 Å². The van der Waals surface area contributed by atoms with Crippen LogP contribution in [0.25, 0.3) is 0 Å². The van der Waals surface area contributed by atoms with E-state index < -0.39 is 0 Å². The van der Waals surface area contributed by atoms with Crippen LogP contribution in [0.3, 0.4) is 0 Å². The number of nitrogens with one attached hydrogen (secondary N) is 1. The standard InChI is InChI=1S/C15H15N5.ClH/c16-15(19-17-11-13-7-3-1-4-8-13)20-18-12-14-9-5-2-6-10-14;/h1-12H,(H3,16,19,20);1H/b17-11+,18-12+;. The van der Waals surface area contributed by atoms with E-state index >= 15 is 0 Å². The molecule has 0 aliphatic carbocycles. The number of nitrogens with zero attached hydrogens (tertiary/aromatic N) is 3. The van der Waals surface area contributed by atoms with Crippen molar-refractivity contribution in [2.24, 2.45) is 21.0 Å². The van der Waals surface area contributed by atoms with Crippen molar-refractivity contribution in [3.8, 4) is 0 Å². The average molecular weight is 302 g/mol. The molecule has 2 rings (SSSR count). The van der Waals surface area contributed by atoms with Gasteiger partial charge in [0.1, 0.15) is 0 Å². The Hall–Kier alpha value is -2.66. The predicted molar refractivity (Wildman–Crippen MR) is 90.1 cm³/mol. The summed E-state index contributed by atoms with van der Waals surface area (Å²) < 4.78 is 0. The average Bonchev–Trinajstić information content (AvgIpc) is 2.49. The van der Waals surface area contributed by atoms with Gasteiger partial charge in [0, 0.05) is 0 Å². The van der Waals surface area contributed by atoms with Crippen LogP contribution in [0.2, 0.25) is 0 Å². The van der Waals surface area contributed by atoms with Crippen LogP contribution in [0.1, 0.15) is 11.1 Å². The van der Waals surface area contributed by atoms with Crippen molar-refractivity contribution in [2.45, 2.75) is 0 Å². The molecule has 0 aliphatic heterocycles. The lowest BCUT2D eigenvalue weighted by Gasteiger charge is -1.96. The first-order chi connectivity index (χ1) is 9.84. The Kier molecular flexibility index (Phi) is 7.24. The second-order valence-corrected chi connectivity index (χ2v) is 3.92. The van der Waals surface area contributed by atoms with E-state index in [4.69, 9.17) is 5.73 Å². The van der Waals surface area contributed by atoms with E-state index in [-0.39, 0.29) is 18.4 Å². The van der Waals surface area contributed by atoms with E-state index in [2.05, 4.69) is 20.7 Å². The maximum absolute atomic E-state index is 5.61. The second-order valence-electron chi connectivity index (χ2n) is 3.92. The monoisotopic (exact) mass is 301 g/mol. The normalized spacial score (nSPS) is 11.5. The van der Waals surface area contributed by atoms with Gasteiger partial charge in [-0.15, -0.1) is 17.5 Å². The molecule has 0 fully saturated rings. The largest absolute Gasteiger partial charge is 0.367 e. The Morgan fingerprint density at radius 1 is 0.857 bits per heavy atom. The minimum atomic E-state index is 0. The van der Waals surface area contributed by atoms with Crippen molar-refractivity contribution >= 4 is 30.8 Å². The van der Waals surface area contributed by atoms with E-state index in [1.807, 2.05) is 60.7 Å². The summed E-state index contributed by atoms with van der Waals surface area (Å²) in [4.78, 5) is 0. The number of nitrogens with two attached hydrogens (primary N) is 1. The van der Waals surface area contributed by atoms with Crippen molar-refractivity contribution in [2.75, 3.05) is 0 Å². The lowest BCUT2D eigenvalue weighted by atomic mass is 10.2. The lowest BCUT2D eigenvalue weighted by Crippen LogP contribution is -2.26. The molecule has 0 spiro atoms. The molecule has 108 valence electrons. The first-order valence-electron chi connectivity index (χ1n) is 6.10. The van der Waals surface area contributed by atoms with E-state index in [0.29, 0.717) is 0 Å². The summed E-state index contributed by atoms with van der Waals surface area (Å²) >= 11 is 0. The van der Waals surface area contributed by atoms with E-state index in [1.165, 1.54) is 0 Å². The van der Waals surface area contributed by atoms with Crippen LogP contribution in [0.5, 0.6) is 0 Å². The van der Waals surface area contributed by atoms with Crippen molar-refractivity contribution in [1.82, 2.24) is 5.43 Å². The lowest BCUT2D eigenvalue weighted by molar-refractivity contribution is 0.994. The van der Waals surface area contributed by atoms with Crippen LogP contribution in [0, 0.1) is 0 Å². The smallest absolute Gasteiger partial charge is 0.234 e. The number of benzene rings is 2. The van der Waals surface area contributed by atoms with Crippen LogP contribution in [-0.4, -0.2) is 18.4 Å². The highest BCUT2D eigenvalue weighted by Crippen LogP contribution is 1.94. The number of halogens is 1. The fraction of sp³-hybridized carbons (Fsp3) is 0. The third kappa shape index (κ3) is 6.35. The maximum Gasteiger partial charge on any atom is 0.234 e. The van der Waals surface area contributed by atoms with Gasteiger partial charge in [0.25, 0.3) is 0 Å². The molecule has 0 unspecified atom stereocenters. The van der Waals surface area contributed by atoms with Gasteiger partial charge >= 0.3 is 0 Å². The topological polar surface area (TPSA) is 75.1 Å². The highest BCUT2D eigenvalue weighted by molar-refractivity contribution is 5.85. The molecule has 2 aromatic carbocycles. The third-order valence-electron chi connectivity index (χ3n) is 2.36. The molecule has 0 amide bonds. The molecule has 0 aromatic heterocycles. The Bertz CT molecular complexity index is 608. The van der Waals surface area contributed by atoms with Crippen molar-refractivity contribution in [3.63, 3.8) is 0 Å². The summed E-state index contributed by atoms with van der Waals surface area (Å²) in [6, 6.07) is 19.3. The molecule has 0 saturated heterocycles. The zero-order valence-corrected chi connectivity index (χ0v) is 12.1. The molecule has 0 bridgehead atoms. The maximum atomic E-state index is 5.61. The summed E-state index contributed by atoms with van der Waals surface area (Å²) in [5, 5.41) is 11.6. The van der Waals surface area contributed by atoms with Crippen molar-refractivity contribution < 1.29 is 0 Å². The van der Waals surface area contributed by atoms with Gasteiger partial charge in [-0.25, -0.2) is 5.43 Å². The van der Waals surface area contributed by atoms with Gasteiger partial charge < -0.3 is 5.73 Å². The molecule has 5 nitrogen and oxygen atoms in total. The van der Waals surface area contributed by atoms with Gasteiger partial charge in [-0.3, -0.25) is 0 Å². The van der Waals surface area contributed by atoms with E-state index in [0.717, 1.165) is 11.1 Å². The summed E-state index contributed by atoms with van der Waals surface area (Å²) in [5.74, 6) is 0.129. The fourth-order valence-corrected chi connectivity index (χ4v) is 1.43. The summed E-state index contributed by atoms with van der Waals surface area (Å²) in [7, 11) is 0. The third-order valence-corrected chi connectivity index (χ3v) is 2.36. The number of guanidine groups is 1. The highest BCUT2D eigenvalue weighted by atomic mass is 35.5. The van der Waals surface area contributed by atoms with Crippen LogP contribution < -0.4 is 11.2 Å². The number of hydrogen-bond acceptors (Lipinski definition) is 3. The molecule has 3 N–H and O–H groups in total. The first kappa shape index (κ1) is 16.4. The van der Waals surface area contributed by atoms with E-state index in [9.17, 15) is 0 Å². The Morgan fingerprint density at radius 3 is 1.95 bits per heavy atom. The molecule has 6 heteroatoms. The van der Waals surface area contributed by atoms with E-state index in [1.54, 1.807) is 12.4 Å². The minimum absolute atomic E-state index is 0. The van der Waals surface area contributed by atoms with Crippen molar-refractivity contribution in [3.05, 3.63) is 71.8 Å². The Labute approximate surface area is 129 Å². The summed E-state index contributed by atoms with van der Waals surface area (Å²) in [6.07, 6.45) is 3.28. The highest BCUT2D eigenvalue weighted by Gasteiger charge is 1.87. The fourth-order valence-electron chi connectivity index (χ4n) is 1.43. The van der Waals surface area contributed by atoms with Crippen LogP contribution in [-0.2, 0) is 0 Å². The van der Waals surface area contributed by atoms with Crippen LogP contribution in [0.15, 0.2) is 76.0 Å². The molecular weight excluding hydrogens is 286 g/mol. The van der Waals surface area contributed by atoms with Gasteiger partial charge in [0.15, 0.2) is 0 Å². The van der Waals surface area contributed by atoms with Gasteiger partial charge in [-0.05, 0) is 11.1 Å². The molecule has 0 saturated carbocycles. The second kappa shape index (κ2) is 9.28. The number of hydrogen-bond donors (Lipinski definition) is 2. The zero-order valence-electron chi connectivity index (χ0n) is 11.3. The predicted octanol–water partition coefficient (Wildman–Crippen LogP) is 2.38. The van der Waals surface area contributed by atoms with Crippen molar-refractivity contribution in [1.29, 1.82) is 0 Å². The minimum Gasteiger partial charge on any atom is -0.367 e. The molecule has 2 aromatic rings. The van der Waals surface area contributed by atoms with Crippen LogP contribution >= 0.6 is 12.4 Å². The summed E-state index contributed by atoms with van der Waals surface area (Å²) in [6.45, 7) is 0. The molecule has 0 atom stereocenters. The molecule has 0 radical (unpaired) electrons. The van der Waals surface area contributed by atoms with Gasteiger partial charge in [0.05, 0.1) is 12.4 Å². The van der Waals surface area contributed by atoms with Gasteiger partial charge in [-0.2, -0.15) is 10.2 Å². The summed E-state index contributed by atoms with van der Waals surface area (Å²) in [5.41, 5.74) is 10.1. The zero-order chi connectivity index (χ0) is 14.0. The van der Waals surface area contributed by atoms with Crippen LogP contribution in [0.4, 0.5) is 0 Å². The Morgan fingerprint density at radius 2 is 1.38 bits per heavy atom. The first-order valence-corrected chi connectivity index (χ1v) is 6.10. The molecule has 0 aliphatic rings. The molecule has 21 heavy (non-hydrogen) atoms.